The minimum absolute atomic E-state index is 0.0752. The number of benzene rings is 1. The molecule has 3 rings (SSSR count). The molecule has 148 valence electrons. The van der Waals surface area contributed by atoms with Gasteiger partial charge in [-0.25, -0.2) is 13.8 Å². The molecule has 2 heterocycles. The molecule has 6 nitrogen and oxygen atoms in total. The summed E-state index contributed by atoms with van der Waals surface area (Å²) >= 11 is 0. The van der Waals surface area contributed by atoms with Crippen LogP contribution in [0.3, 0.4) is 0 Å². The predicted molar refractivity (Wildman–Crippen MR) is 98.3 cm³/mol. The van der Waals surface area contributed by atoms with Crippen LogP contribution >= 0.6 is 0 Å². The molecule has 0 saturated carbocycles. The Labute approximate surface area is 161 Å². The summed E-state index contributed by atoms with van der Waals surface area (Å²) in [5.74, 6) is -0.283. The summed E-state index contributed by atoms with van der Waals surface area (Å²) < 4.78 is 37.7. The summed E-state index contributed by atoms with van der Waals surface area (Å²) in [6.45, 7) is 0.400. The van der Waals surface area contributed by atoms with Gasteiger partial charge in [-0.15, -0.1) is 0 Å². The largest absolute Gasteiger partial charge is 0.468 e. The zero-order chi connectivity index (χ0) is 20.1. The fourth-order valence-electron chi connectivity index (χ4n) is 2.78. The summed E-state index contributed by atoms with van der Waals surface area (Å²) in [4.78, 5) is 18.2. The molecule has 0 saturated heterocycles. The lowest BCUT2D eigenvalue weighted by atomic mass is 10.2. The van der Waals surface area contributed by atoms with Gasteiger partial charge in [-0.1, -0.05) is 0 Å². The molecule has 0 bridgehead atoms. The minimum atomic E-state index is -0.729. The van der Waals surface area contributed by atoms with Gasteiger partial charge < -0.3 is 14.2 Å². The van der Waals surface area contributed by atoms with Crippen LogP contribution in [0.25, 0.3) is 11.3 Å². The molecular formula is C20H21F2N3O3. The van der Waals surface area contributed by atoms with Crippen LogP contribution in [0.4, 0.5) is 8.78 Å². The molecule has 1 amide bonds. The highest BCUT2D eigenvalue weighted by Crippen LogP contribution is 2.24. The topological polar surface area (TPSA) is 71.5 Å². The smallest absolute Gasteiger partial charge is 0.220 e. The number of amides is 1. The van der Waals surface area contributed by atoms with Gasteiger partial charge in [0.1, 0.15) is 17.4 Å². The van der Waals surface area contributed by atoms with Crippen molar-refractivity contribution in [2.75, 3.05) is 20.6 Å². The molecule has 1 N–H and O–H groups in total. The average Bonchev–Trinajstić information content (AvgIpc) is 3.32. The Morgan fingerprint density at radius 1 is 1.29 bits per heavy atom. The first-order chi connectivity index (χ1) is 13.4. The van der Waals surface area contributed by atoms with Crippen LogP contribution in [-0.4, -0.2) is 36.4 Å². The van der Waals surface area contributed by atoms with Gasteiger partial charge in [-0.3, -0.25) is 9.69 Å². The fourth-order valence-corrected chi connectivity index (χ4v) is 2.78. The van der Waals surface area contributed by atoms with Crippen molar-refractivity contribution in [2.24, 2.45) is 0 Å². The number of nitrogens with one attached hydrogen (secondary N) is 1. The summed E-state index contributed by atoms with van der Waals surface area (Å²) in [6.07, 6.45) is 3.40. The third kappa shape index (κ3) is 4.83. The molecule has 0 aliphatic rings. The van der Waals surface area contributed by atoms with E-state index >= 15 is 0 Å². The lowest BCUT2D eigenvalue weighted by Gasteiger charge is -2.22. The number of likely N-dealkylation sites (N-methyl/N-ethyl adjacent to an activating group) is 1. The fraction of sp³-hybridized carbons (Fsp3) is 0.300. The Kier molecular flexibility index (Phi) is 6.20. The Morgan fingerprint density at radius 2 is 2.11 bits per heavy atom. The molecule has 2 aromatic heterocycles. The SMILES string of the molecule is CN(C)[C@@H](CNC(=O)CCc1ncc(-c2ccc(F)cc2F)o1)c1ccco1. The number of aryl methyl sites for hydroxylation is 1. The van der Waals surface area contributed by atoms with Gasteiger partial charge in [0.05, 0.1) is 24.1 Å². The van der Waals surface area contributed by atoms with Crippen molar-refractivity contribution in [3.63, 3.8) is 0 Å². The van der Waals surface area contributed by atoms with Crippen LogP contribution < -0.4 is 5.32 Å². The molecule has 1 atom stereocenters. The Bertz CT molecular complexity index is 923. The summed E-state index contributed by atoms with van der Waals surface area (Å²) in [7, 11) is 3.81. The van der Waals surface area contributed by atoms with E-state index in [1.165, 1.54) is 12.3 Å². The monoisotopic (exact) mass is 389 g/mol. The number of oxazole rings is 1. The molecular weight excluding hydrogens is 368 g/mol. The first-order valence-electron chi connectivity index (χ1n) is 8.80. The van der Waals surface area contributed by atoms with Crippen LogP contribution in [0.5, 0.6) is 0 Å². The Balaban J connectivity index is 1.53. The molecule has 1 aromatic carbocycles. The van der Waals surface area contributed by atoms with E-state index < -0.39 is 11.6 Å². The highest BCUT2D eigenvalue weighted by molar-refractivity contribution is 5.76. The highest BCUT2D eigenvalue weighted by atomic mass is 19.1. The quantitative estimate of drug-likeness (QED) is 0.638. The maximum atomic E-state index is 13.8. The van der Waals surface area contributed by atoms with E-state index in [0.717, 1.165) is 17.9 Å². The van der Waals surface area contributed by atoms with Crippen LogP contribution in [0.2, 0.25) is 0 Å². The molecule has 0 radical (unpaired) electrons. The Morgan fingerprint density at radius 3 is 2.79 bits per heavy atom. The predicted octanol–water partition coefficient (Wildman–Crippen LogP) is 3.56. The molecule has 8 heteroatoms. The zero-order valence-corrected chi connectivity index (χ0v) is 15.6. The van der Waals surface area contributed by atoms with Crippen molar-refractivity contribution in [1.82, 2.24) is 15.2 Å². The van der Waals surface area contributed by atoms with Crippen molar-refractivity contribution >= 4 is 5.91 Å². The number of halogens is 2. The average molecular weight is 389 g/mol. The van der Waals surface area contributed by atoms with Crippen LogP contribution in [0.1, 0.15) is 24.1 Å². The van der Waals surface area contributed by atoms with Gasteiger partial charge in [-0.05, 0) is 38.4 Å². The van der Waals surface area contributed by atoms with Crippen molar-refractivity contribution < 1.29 is 22.4 Å². The van der Waals surface area contributed by atoms with E-state index in [9.17, 15) is 13.6 Å². The van der Waals surface area contributed by atoms with Gasteiger partial charge in [0.15, 0.2) is 11.7 Å². The van der Waals surface area contributed by atoms with E-state index in [1.54, 1.807) is 12.3 Å². The number of rotatable bonds is 8. The maximum Gasteiger partial charge on any atom is 0.220 e. The zero-order valence-electron chi connectivity index (χ0n) is 15.6. The number of aromatic nitrogens is 1. The van der Waals surface area contributed by atoms with E-state index in [4.69, 9.17) is 8.83 Å². The summed E-state index contributed by atoms with van der Waals surface area (Å²) in [5.41, 5.74) is 0.122. The molecule has 28 heavy (non-hydrogen) atoms. The van der Waals surface area contributed by atoms with E-state index in [0.29, 0.717) is 12.4 Å². The van der Waals surface area contributed by atoms with Crippen molar-refractivity contribution in [3.05, 3.63) is 66.1 Å². The molecule has 3 aromatic rings. The number of carbonyl (C=O) groups is 1. The third-order valence-corrected chi connectivity index (χ3v) is 4.30. The van der Waals surface area contributed by atoms with Crippen molar-refractivity contribution in [2.45, 2.75) is 18.9 Å². The van der Waals surface area contributed by atoms with E-state index in [-0.39, 0.29) is 36.1 Å². The molecule has 0 spiro atoms. The first-order valence-corrected chi connectivity index (χ1v) is 8.80. The van der Waals surface area contributed by atoms with Gasteiger partial charge in [0.25, 0.3) is 0 Å². The standard InChI is InChI=1S/C20H21F2N3O3/c1-25(2)16(17-4-3-9-27-17)11-23-19(26)7-8-20-24-12-18(28-20)14-6-5-13(21)10-15(14)22/h3-6,9-10,12,16H,7-8,11H2,1-2H3,(H,23,26)/t16-/m0/s1. The molecule has 0 unspecified atom stereocenters. The molecule has 0 aliphatic heterocycles. The Hall–Kier alpha value is -3.00. The lowest BCUT2D eigenvalue weighted by molar-refractivity contribution is -0.121. The molecule has 0 aliphatic carbocycles. The number of hydrogen-bond donors (Lipinski definition) is 1. The second-order valence-corrected chi connectivity index (χ2v) is 6.54. The second kappa shape index (κ2) is 8.79. The van der Waals surface area contributed by atoms with Gasteiger partial charge >= 0.3 is 0 Å². The van der Waals surface area contributed by atoms with Crippen LogP contribution in [0, 0.1) is 11.6 Å². The number of nitrogens with zero attached hydrogens (tertiary/aromatic N) is 2. The minimum Gasteiger partial charge on any atom is -0.468 e. The number of hydrogen-bond acceptors (Lipinski definition) is 5. The van der Waals surface area contributed by atoms with Gasteiger partial charge in [0, 0.05) is 25.5 Å². The van der Waals surface area contributed by atoms with Crippen LogP contribution in [0.15, 0.2) is 51.6 Å². The third-order valence-electron chi connectivity index (χ3n) is 4.30. The van der Waals surface area contributed by atoms with Crippen LogP contribution in [-0.2, 0) is 11.2 Å². The number of furan rings is 1. The van der Waals surface area contributed by atoms with Crippen molar-refractivity contribution in [3.8, 4) is 11.3 Å². The normalized spacial score (nSPS) is 12.3. The highest BCUT2D eigenvalue weighted by Gasteiger charge is 2.18. The number of carbonyl (C=O) groups excluding carboxylic acids is 1. The van der Waals surface area contributed by atoms with Crippen molar-refractivity contribution in [1.29, 1.82) is 0 Å². The molecule has 0 fully saturated rings. The van der Waals surface area contributed by atoms with E-state index in [1.807, 2.05) is 25.1 Å². The second-order valence-electron chi connectivity index (χ2n) is 6.54. The maximum absolute atomic E-state index is 13.8. The summed E-state index contributed by atoms with van der Waals surface area (Å²) in [5, 5.41) is 2.86. The lowest BCUT2D eigenvalue weighted by Crippen LogP contribution is -2.34. The van der Waals surface area contributed by atoms with Gasteiger partial charge in [-0.2, -0.15) is 0 Å². The first kappa shape index (κ1) is 19.8. The summed E-state index contributed by atoms with van der Waals surface area (Å²) in [6, 6.07) is 6.81. The van der Waals surface area contributed by atoms with E-state index in [2.05, 4.69) is 10.3 Å². The van der Waals surface area contributed by atoms with Gasteiger partial charge in [0.2, 0.25) is 5.91 Å².